The van der Waals surface area contributed by atoms with Gasteiger partial charge in [0.2, 0.25) is 0 Å². The molecule has 0 saturated carbocycles. The van der Waals surface area contributed by atoms with E-state index in [1.165, 1.54) is 0 Å². The molecule has 66 heavy (non-hydrogen) atoms. The van der Waals surface area contributed by atoms with Gasteiger partial charge >= 0.3 is 6.18 Å². The largest absolute Gasteiger partial charge is 0.453 e. The minimum Gasteiger partial charge on any atom is -0.453 e. The number of aromatic nitrogens is 1. The van der Waals surface area contributed by atoms with Crippen LogP contribution < -0.4 is 38.5 Å². The normalized spacial score (nSPS) is 13.7. The highest BCUT2D eigenvalue weighted by molar-refractivity contribution is 6.07. The van der Waals surface area contributed by atoms with Crippen molar-refractivity contribution >= 4 is 68.5 Å². The van der Waals surface area contributed by atoms with Crippen LogP contribution in [0, 0.1) is 0 Å². The first-order chi connectivity index (χ1) is 32.4. The summed E-state index contributed by atoms with van der Waals surface area (Å²) in [5, 5.41) is 0. The van der Waals surface area contributed by atoms with Crippen molar-refractivity contribution in [1.82, 2.24) is 4.98 Å². The molecule has 0 N–H and O–H groups in total. The van der Waals surface area contributed by atoms with Crippen LogP contribution in [0.2, 0.25) is 0 Å². The fourth-order valence-corrected chi connectivity index (χ4v) is 9.30. The van der Waals surface area contributed by atoms with E-state index < -0.39 is 17.6 Å². The Morgan fingerprint density at radius 2 is 0.515 bits per heavy atom. The number of pyridine rings is 1. The molecular formula is C54H32F3N5O4. The van der Waals surface area contributed by atoms with Crippen LogP contribution in [0.3, 0.4) is 0 Å². The van der Waals surface area contributed by atoms with Crippen LogP contribution in [0.4, 0.5) is 81.7 Å². The molecule has 8 aromatic carbocycles. The first kappa shape index (κ1) is 37.6. The van der Waals surface area contributed by atoms with Gasteiger partial charge < -0.3 is 23.8 Å². The maximum absolute atomic E-state index is 17.5. The molecule has 318 valence electrons. The first-order valence-corrected chi connectivity index (χ1v) is 21.2. The Labute approximate surface area is 375 Å². The number of hydrogen-bond acceptors (Lipinski definition) is 9. The molecule has 1 aromatic heterocycles. The Hall–Kier alpha value is -8.90. The maximum Gasteiger partial charge on any atom is 0.422 e. The molecule has 0 spiro atoms. The van der Waals surface area contributed by atoms with Gasteiger partial charge in [-0.25, -0.2) is 4.98 Å². The minimum atomic E-state index is -5.07. The van der Waals surface area contributed by atoms with Crippen molar-refractivity contribution in [2.75, 3.05) is 19.6 Å². The van der Waals surface area contributed by atoms with E-state index in [1.807, 2.05) is 107 Å². The van der Waals surface area contributed by atoms with Gasteiger partial charge in [-0.2, -0.15) is 13.2 Å². The summed E-state index contributed by atoms with van der Waals surface area (Å²) in [7, 11) is 0. The Bertz CT molecular complexity index is 3270. The second-order valence-corrected chi connectivity index (χ2v) is 15.8. The van der Waals surface area contributed by atoms with Gasteiger partial charge in [-0.3, -0.25) is 14.7 Å². The zero-order valence-electron chi connectivity index (χ0n) is 34.5. The molecule has 13 rings (SSSR count). The number of anilines is 12. The molecule has 0 bridgehead atoms. The third-order valence-corrected chi connectivity index (χ3v) is 12.0. The number of halogens is 3. The molecule has 5 heterocycles. The smallest absolute Gasteiger partial charge is 0.422 e. The van der Waals surface area contributed by atoms with Crippen LogP contribution in [-0.4, -0.2) is 4.98 Å². The number of ether oxygens (including phenoxy) is 4. The Balaban J connectivity index is 1.28. The Kier molecular flexibility index (Phi) is 8.16. The van der Waals surface area contributed by atoms with Gasteiger partial charge in [0.05, 0.1) is 51.2 Å². The quantitative estimate of drug-likeness (QED) is 0.172. The summed E-state index contributed by atoms with van der Waals surface area (Å²) in [6, 6.07) is 57.9. The third kappa shape index (κ3) is 5.64. The van der Waals surface area contributed by atoms with E-state index in [4.69, 9.17) is 23.9 Å². The summed E-state index contributed by atoms with van der Waals surface area (Å²) in [5.74, 6) is 3.06. The number of hydrogen-bond donors (Lipinski definition) is 0. The molecule has 0 unspecified atom stereocenters. The number of nitrogens with zero attached hydrogens (tertiary/aromatic N) is 5. The Morgan fingerprint density at radius 3 is 0.788 bits per heavy atom. The average Bonchev–Trinajstić information content (AvgIpc) is 3.35. The predicted molar refractivity (Wildman–Crippen MR) is 248 cm³/mol. The number of alkyl halides is 3. The second-order valence-electron chi connectivity index (χ2n) is 15.8. The zero-order chi connectivity index (χ0) is 44.1. The minimum absolute atomic E-state index is 0.0992. The van der Waals surface area contributed by atoms with E-state index in [2.05, 4.69) is 0 Å². The predicted octanol–water partition coefficient (Wildman–Crippen LogP) is 16.4. The van der Waals surface area contributed by atoms with Crippen molar-refractivity contribution in [3.05, 3.63) is 200 Å². The van der Waals surface area contributed by atoms with E-state index in [1.54, 1.807) is 107 Å². The maximum atomic E-state index is 17.5. The van der Waals surface area contributed by atoms with Crippen molar-refractivity contribution in [3.8, 4) is 46.0 Å². The van der Waals surface area contributed by atoms with Gasteiger partial charge in [0.15, 0.2) is 57.6 Å². The van der Waals surface area contributed by atoms with Crippen molar-refractivity contribution in [2.45, 2.75) is 6.18 Å². The van der Waals surface area contributed by atoms with Gasteiger partial charge in [-0.05, 0) is 97.1 Å². The average molecular weight is 872 g/mol. The fraction of sp³-hybridized carbons (Fsp3) is 0.0185. The molecule has 9 nitrogen and oxygen atoms in total. The van der Waals surface area contributed by atoms with Crippen LogP contribution in [0.25, 0.3) is 0 Å². The summed E-state index contributed by atoms with van der Waals surface area (Å²) in [6.45, 7) is 0. The lowest BCUT2D eigenvalue weighted by molar-refractivity contribution is -0.136. The van der Waals surface area contributed by atoms with Crippen LogP contribution in [0.5, 0.6) is 46.0 Å². The first-order valence-electron chi connectivity index (χ1n) is 21.2. The van der Waals surface area contributed by atoms with E-state index in [0.717, 1.165) is 0 Å². The summed E-state index contributed by atoms with van der Waals surface area (Å²) < 4.78 is 78.4. The van der Waals surface area contributed by atoms with Crippen LogP contribution in [0.15, 0.2) is 194 Å². The molecule has 0 atom stereocenters. The van der Waals surface area contributed by atoms with Crippen molar-refractivity contribution in [2.24, 2.45) is 0 Å². The summed E-state index contributed by atoms with van der Waals surface area (Å²) in [4.78, 5) is 12.4. The van der Waals surface area contributed by atoms with Crippen molar-refractivity contribution in [1.29, 1.82) is 0 Å². The second kappa shape index (κ2) is 14.3. The number of rotatable bonds is 4. The summed E-state index contributed by atoms with van der Waals surface area (Å²) in [5.41, 5.74) is 2.46. The molecule has 0 radical (unpaired) electrons. The molecule has 0 saturated heterocycles. The van der Waals surface area contributed by atoms with Gasteiger partial charge in [0.1, 0.15) is 11.3 Å². The van der Waals surface area contributed by atoms with Crippen LogP contribution in [0.1, 0.15) is 5.56 Å². The highest BCUT2D eigenvalue weighted by Crippen LogP contribution is 2.66. The van der Waals surface area contributed by atoms with Gasteiger partial charge in [0, 0.05) is 0 Å². The van der Waals surface area contributed by atoms with Crippen LogP contribution >= 0.6 is 0 Å². The molecule has 4 aliphatic rings. The van der Waals surface area contributed by atoms with Crippen molar-refractivity contribution < 1.29 is 32.1 Å². The van der Waals surface area contributed by atoms with E-state index in [9.17, 15) is 0 Å². The number of para-hydroxylation sites is 16. The highest BCUT2D eigenvalue weighted by Gasteiger charge is 2.49. The summed E-state index contributed by atoms with van der Waals surface area (Å²) >= 11 is 0. The fourth-order valence-electron chi connectivity index (χ4n) is 9.30. The SMILES string of the molecule is FC(F)(F)c1c(N2c3ccccc3Oc3ccccc32)nc(N2c3ccccc3Oc3ccccc32)c(N2c3ccccc3Oc3ccccc32)c1N1c2ccccc2Oc2ccccc21. The van der Waals surface area contributed by atoms with Gasteiger partial charge in [-0.15, -0.1) is 0 Å². The standard InChI is InChI=1S/C54H32F3N5O4/c55-54(56,57)49-50(59-33-17-1-9-25-41(33)63-42-26-10-2-18-34(42)59)51(60-35-19-3-11-27-43(35)64-44-28-12-4-20-36(44)60)53(62-39-23-7-15-31-47(39)66-48-32-16-8-24-40(48)62)58-52(49)61-37-21-5-13-29-45(37)65-46-30-14-6-22-38(46)61/h1-32H. The third-order valence-electron chi connectivity index (χ3n) is 12.0. The van der Waals surface area contributed by atoms with Gasteiger partial charge in [-0.1, -0.05) is 97.1 Å². The van der Waals surface area contributed by atoms with E-state index in [0.29, 0.717) is 91.5 Å². The highest BCUT2D eigenvalue weighted by atomic mass is 19.4. The molecule has 4 aliphatic heterocycles. The molecule has 0 aliphatic carbocycles. The number of benzene rings is 8. The molecule has 0 amide bonds. The topological polar surface area (TPSA) is 62.8 Å². The molecule has 12 heteroatoms. The zero-order valence-corrected chi connectivity index (χ0v) is 34.5. The Morgan fingerprint density at radius 1 is 0.288 bits per heavy atom. The van der Waals surface area contributed by atoms with Crippen molar-refractivity contribution in [3.63, 3.8) is 0 Å². The number of fused-ring (bicyclic) bond motifs is 8. The molecular weight excluding hydrogens is 840 g/mol. The van der Waals surface area contributed by atoms with E-state index in [-0.39, 0.29) is 17.2 Å². The lowest BCUT2D eigenvalue weighted by Crippen LogP contribution is -2.30. The lowest BCUT2D eigenvalue weighted by atomic mass is 10.0. The molecule has 9 aromatic rings. The monoisotopic (exact) mass is 871 g/mol. The lowest BCUT2D eigenvalue weighted by Gasteiger charge is -2.43. The summed E-state index contributed by atoms with van der Waals surface area (Å²) in [6.07, 6.45) is -5.07. The molecule has 0 fully saturated rings. The van der Waals surface area contributed by atoms with Gasteiger partial charge in [0.25, 0.3) is 0 Å². The van der Waals surface area contributed by atoms with Crippen LogP contribution in [-0.2, 0) is 6.18 Å². The van der Waals surface area contributed by atoms with E-state index >= 15 is 13.2 Å².